The van der Waals surface area contributed by atoms with Crippen LogP contribution in [0.25, 0.3) is 10.2 Å². The first-order chi connectivity index (χ1) is 21.0. The summed E-state index contributed by atoms with van der Waals surface area (Å²) in [6.45, 7) is 9.27. The van der Waals surface area contributed by atoms with Crippen molar-refractivity contribution >= 4 is 37.5 Å². The molecule has 0 N–H and O–H groups in total. The molecule has 2 unspecified atom stereocenters. The Kier molecular flexibility index (Phi) is 9.54. The molecule has 2 fully saturated rings. The smallest absolute Gasteiger partial charge is 0.263 e. The van der Waals surface area contributed by atoms with E-state index in [4.69, 9.17) is 14.2 Å². The number of piperazine rings is 1. The van der Waals surface area contributed by atoms with E-state index >= 15 is 0 Å². The number of methoxy groups -OCH3 is 3. The van der Waals surface area contributed by atoms with E-state index < -0.39 is 15.6 Å². The molecule has 44 heavy (non-hydrogen) atoms. The van der Waals surface area contributed by atoms with Crippen LogP contribution in [0.5, 0.6) is 17.2 Å². The van der Waals surface area contributed by atoms with Crippen LogP contribution >= 0.6 is 11.3 Å². The van der Waals surface area contributed by atoms with Crippen molar-refractivity contribution in [1.29, 1.82) is 0 Å². The molecular weight excluding hydrogens is 606 g/mol. The van der Waals surface area contributed by atoms with Gasteiger partial charge in [0.1, 0.15) is 16.3 Å². The average molecular weight is 648 g/mol. The van der Waals surface area contributed by atoms with Gasteiger partial charge in [-0.1, -0.05) is 19.9 Å². The van der Waals surface area contributed by atoms with Gasteiger partial charge in [-0.05, 0) is 31.2 Å². The number of fused-ring (bicyclic) bond motifs is 1. The molecule has 1 amide bonds. The predicted octanol–water partition coefficient (Wildman–Crippen LogP) is 2.80. The predicted molar refractivity (Wildman–Crippen MR) is 168 cm³/mol. The van der Waals surface area contributed by atoms with Gasteiger partial charge < -0.3 is 19.1 Å². The largest absolute Gasteiger partial charge is 0.493 e. The number of hydrogen-bond donors (Lipinski definition) is 0. The second-order valence-corrected chi connectivity index (χ2v) is 14.8. The molecule has 1 aromatic carbocycles. The van der Waals surface area contributed by atoms with E-state index in [1.54, 1.807) is 33.2 Å². The summed E-state index contributed by atoms with van der Waals surface area (Å²) in [4.78, 5) is 36.3. The molecule has 0 spiro atoms. The molecule has 14 heteroatoms. The highest BCUT2D eigenvalue weighted by Gasteiger charge is 2.36. The molecule has 2 atom stereocenters. The Bertz CT molecular complexity index is 1690. The van der Waals surface area contributed by atoms with Gasteiger partial charge in [-0.25, -0.2) is 13.4 Å². The van der Waals surface area contributed by atoms with Crippen LogP contribution in [0.15, 0.2) is 28.2 Å². The third-order valence-electron chi connectivity index (χ3n) is 8.44. The molecule has 0 aliphatic carbocycles. The SMILES string of the molecule is COc1ccc(CN2CCN(C(=O)Cn3cnc4sc(C)c(S(=O)(=O)N5CC(C)CC(C)C5)c4c3=O)CC2)c(OC)c1OC. The standard InChI is InChI=1S/C30H41N5O7S2/c1-19-13-20(2)15-35(14-19)44(38,39)28-21(3)43-29-25(28)30(37)34(18-31-29)17-24(36)33-11-9-32(10-12-33)16-22-7-8-23(40-4)27(42-6)26(22)41-5/h7-8,18-20H,9-17H2,1-6H3. The van der Waals surface area contributed by atoms with Crippen molar-refractivity contribution < 1.29 is 27.4 Å². The molecule has 4 heterocycles. The summed E-state index contributed by atoms with van der Waals surface area (Å²) < 4.78 is 46.9. The minimum absolute atomic E-state index is 0.0253. The number of nitrogens with zero attached hydrogens (tertiary/aromatic N) is 5. The van der Waals surface area contributed by atoms with E-state index in [9.17, 15) is 18.0 Å². The summed E-state index contributed by atoms with van der Waals surface area (Å²) in [5.74, 6) is 1.98. The summed E-state index contributed by atoms with van der Waals surface area (Å²) in [6.07, 6.45) is 2.31. The summed E-state index contributed by atoms with van der Waals surface area (Å²) in [7, 11) is 0.832. The lowest BCUT2D eigenvalue weighted by Crippen LogP contribution is -2.49. The van der Waals surface area contributed by atoms with Gasteiger partial charge in [0, 0.05) is 56.3 Å². The van der Waals surface area contributed by atoms with Gasteiger partial charge in [0.25, 0.3) is 5.56 Å². The van der Waals surface area contributed by atoms with Gasteiger partial charge in [-0.15, -0.1) is 11.3 Å². The number of ether oxygens (including phenoxy) is 3. The maximum Gasteiger partial charge on any atom is 0.263 e. The van der Waals surface area contributed by atoms with Gasteiger partial charge in [-0.3, -0.25) is 19.1 Å². The molecule has 3 aromatic rings. The minimum Gasteiger partial charge on any atom is -0.493 e. The third-order valence-corrected chi connectivity index (χ3v) is 11.6. The summed E-state index contributed by atoms with van der Waals surface area (Å²) in [6, 6.07) is 3.79. The van der Waals surface area contributed by atoms with E-state index in [1.165, 1.54) is 26.5 Å². The number of piperidine rings is 1. The number of hydrogen-bond acceptors (Lipinski definition) is 10. The number of rotatable bonds is 9. The summed E-state index contributed by atoms with van der Waals surface area (Å²) >= 11 is 1.19. The number of aromatic nitrogens is 2. The van der Waals surface area contributed by atoms with Crippen LogP contribution < -0.4 is 19.8 Å². The van der Waals surface area contributed by atoms with Gasteiger partial charge in [0.2, 0.25) is 21.7 Å². The Morgan fingerprint density at radius 1 is 1.00 bits per heavy atom. The third kappa shape index (κ3) is 6.17. The Balaban J connectivity index is 1.30. The van der Waals surface area contributed by atoms with Crippen molar-refractivity contribution in [3.8, 4) is 17.2 Å². The van der Waals surface area contributed by atoms with Gasteiger partial charge >= 0.3 is 0 Å². The fourth-order valence-corrected chi connectivity index (χ4v) is 9.74. The fourth-order valence-electron chi connectivity index (χ4n) is 6.40. The lowest BCUT2D eigenvalue weighted by Gasteiger charge is -2.35. The molecule has 2 saturated heterocycles. The second kappa shape index (κ2) is 13.0. The van der Waals surface area contributed by atoms with Crippen LogP contribution in [0.4, 0.5) is 0 Å². The molecule has 5 rings (SSSR count). The first-order valence-corrected chi connectivity index (χ1v) is 17.0. The number of benzene rings is 1. The summed E-state index contributed by atoms with van der Waals surface area (Å²) in [5, 5.41) is 0.0716. The van der Waals surface area contributed by atoms with Crippen molar-refractivity contribution in [3.05, 3.63) is 39.3 Å². The molecule has 12 nitrogen and oxygen atoms in total. The van der Waals surface area contributed by atoms with Crippen molar-refractivity contribution in [2.45, 2.75) is 45.2 Å². The highest BCUT2D eigenvalue weighted by molar-refractivity contribution is 7.89. The van der Waals surface area contributed by atoms with Crippen LogP contribution in [-0.2, 0) is 27.9 Å². The van der Waals surface area contributed by atoms with Crippen LogP contribution in [0.1, 0.15) is 30.7 Å². The number of thiophene rings is 1. The Morgan fingerprint density at radius 3 is 2.27 bits per heavy atom. The number of amides is 1. The highest BCUT2D eigenvalue weighted by Crippen LogP contribution is 2.40. The molecule has 2 aliphatic rings. The quantitative estimate of drug-likeness (QED) is 0.345. The molecule has 2 aliphatic heterocycles. The van der Waals surface area contributed by atoms with E-state index in [1.807, 2.05) is 26.0 Å². The first-order valence-electron chi connectivity index (χ1n) is 14.7. The van der Waals surface area contributed by atoms with E-state index in [0.717, 1.165) is 12.0 Å². The topological polar surface area (TPSA) is 124 Å². The van der Waals surface area contributed by atoms with Crippen LogP contribution in [-0.4, -0.2) is 98.6 Å². The zero-order valence-corrected chi connectivity index (χ0v) is 27.8. The van der Waals surface area contributed by atoms with Crippen molar-refractivity contribution in [2.75, 3.05) is 60.6 Å². The molecule has 2 aromatic heterocycles. The Hall–Kier alpha value is -3.20. The Labute approximate surface area is 262 Å². The minimum atomic E-state index is -3.91. The summed E-state index contributed by atoms with van der Waals surface area (Å²) in [5.41, 5.74) is 0.435. The van der Waals surface area contributed by atoms with Gasteiger partial charge in [0.05, 0.1) is 33.0 Å². The van der Waals surface area contributed by atoms with Gasteiger partial charge in [0.15, 0.2) is 11.5 Å². The molecule has 0 saturated carbocycles. The van der Waals surface area contributed by atoms with E-state index in [-0.39, 0.29) is 34.6 Å². The zero-order valence-electron chi connectivity index (χ0n) is 26.2. The number of carbonyl (C=O) groups is 1. The van der Waals surface area contributed by atoms with E-state index in [0.29, 0.717) is 72.8 Å². The zero-order chi connectivity index (χ0) is 31.8. The maximum atomic E-state index is 13.8. The number of sulfonamides is 1. The lowest BCUT2D eigenvalue weighted by molar-refractivity contribution is -0.133. The van der Waals surface area contributed by atoms with Crippen molar-refractivity contribution in [1.82, 2.24) is 23.7 Å². The monoisotopic (exact) mass is 647 g/mol. The molecule has 0 radical (unpaired) electrons. The second-order valence-electron chi connectivity index (χ2n) is 11.8. The first kappa shape index (κ1) is 32.2. The molecular formula is C30H41N5O7S2. The maximum absolute atomic E-state index is 13.8. The molecule has 240 valence electrons. The van der Waals surface area contributed by atoms with Gasteiger partial charge in [-0.2, -0.15) is 4.31 Å². The van der Waals surface area contributed by atoms with E-state index in [2.05, 4.69) is 9.88 Å². The number of carbonyl (C=O) groups excluding carboxylic acids is 1. The normalized spacial score (nSPS) is 20.2. The lowest BCUT2D eigenvalue weighted by atomic mass is 9.94. The Morgan fingerprint density at radius 2 is 1.66 bits per heavy atom. The van der Waals surface area contributed by atoms with Crippen molar-refractivity contribution in [3.63, 3.8) is 0 Å². The fraction of sp³-hybridized carbons (Fsp3) is 0.567. The van der Waals surface area contributed by atoms with Crippen LogP contribution in [0.3, 0.4) is 0 Å². The van der Waals surface area contributed by atoms with Crippen LogP contribution in [0.2, 0.25) is 0 Å². The highest BCUT2D eigenvalue weighted by atomic mass is 32.2. The van der Waals surface area contributed by atoms with Crippen LogP contribution in [0, 0.1) is 18.8 Å². The van der Waals surface area contributed by atoms with Crippen molar-refractivity contribution in [2.24, 2.45) is 11.8 Å². The molecule has 0 bridgehead atoms. The number of aryl methyl sites for hydroxylation is 1. The average Bonchev–Trinajstić information content (AvgIpc) is 3.35.